The molecule has 3 rings (SSSR count). The molecule has 1 N–H and O–H groups in total. The van der Waals surface area contributed by atoms with E-state index in [0.29, 0.717) is 49.4 Å². The van der Waals surface area contributed by atoms with Crippen LogP contribution in [0.1, 0.15) is 36.5 Å². The molecule has 2 aliphatic heterocycles. The van der Waals surface area contributed by atoms with Crippen LogP contribution in [0, 0.1) is 0 Å². The molecular weight excluding hydrogens is 392 g/mol. The summed E-state index contributed by atoms with van der Waals surface area (Å²) in [4.78, 5) is 43.0. The first-order valence-corrected chi connectivity index (χ1v) is 10.6. The fourth-order valence-electron chi connectivity index (χ4n) is 3.91. The summed E-state index contributed by atoms with van der Waals surface area (Å²) in [5, 5.41) is 3.13. The van der Waals surface area contributed by atoms with Gasteiger partial charge in [0.25, 0.3) is 5.91 Å². The van der Waals surface area contributed by atoms with E-state index in [1.54, 1.807) is 29.2 Å². The number of piperidine rings is 1. The van der Waals surface area contributed by atoms with Gasteiger partial charge in [-0.15, -0.1) is 0 Å². The standard InChI is InChI=1S/C21H29ClN4O3/c1-16-5-2-3-8-26(16)20(28)15-24-9-11-25(12-10-24)19(27)14-23-21(29)17-6-4-7-18(22)13-17/h4,6-7,13,16H,2-3,5,8-12,14-15H2,1H3,(H,23,29). The Morgan fingerprint density at radius 2 is 1.83 bits per heavy atom. The fraction of sp³-hybridized carbons (Fsp3) is 0.571. The first-order chi connectivity index (χ1) is 13.9. The molecule has 3 amide bonds. The second kappa shape index (κ2) is 10.1. The van der Waals surface area contributed by atoms with Gasteiger partial charge in [0.05, 0.1) is 13.1 Å². The Balaban J connectivity index is 1.40. The molecule has 2 heterocycles. The van der Waals surface area contributed by atoms with E-state index >= 15 is 0 Å². The normalized spacial score (nSPS) is 20.4. The average Bonchev–Trinajstić information content (AvgIpc) is 2.72. The number of carbonyl (C=O) groups is 3. The van der Waals surface area contributed by atoms with Crippen molar-refractivity contribution in [1.82, 2.24) is 20.0 Å². The van der Waals surface area contributed by atoms with Crippen LogP contribution in [-0.4, -0.2) is 84.3 Å². The predicted octanol–water partition coefficient (Wildman–Crippen LogP) is 1.62. The minimum absolute atomic E-state index is 0.0461. The van der Waals surface area contributed by atoms with Gasteiger partial charge in [-0.1, -0.05) is 17.7 Å². The van der Waals surface area contributed by atoms with Crippen molar-refractivity contribution in [1.29, 1.82) is 0 Å². The zero-order valence-electron chi connectivity index (χ0n) is 16.9. The molecule has 0 saturated carbocycles. The van der Waals surface area contributed by atoms with Crippen molar-refractivity contribution in [2.24, 2.45) is 0 Å². The highest BCUT2D eigenvalue weighted by molar-refractivity contribution is 6.30. The van der Waals surface area contributed by atoms with Gasteiger partial charge in [0, 0.05) is 49.4 Å². The summed E-state index contributed by atoms with van der Waals surface area (Å²) >= 11 is 5.89. The second-order valence-corrected chi connectivity index (χ2v) is 8.22. The maximum absolute atomic E-state index is 12.6. The van der Waals surface area contributed by atoms with Crippen molar-refractivity contribution >= 4 is 29.3 Å². The summed E-state index contributed by atoms with van der Waals surface area (Å²) in [5.74, 6) is -0.248. The second-order valence-electron chi connectivity index (χ2n) is 7.78. The van der Waals surface area contributed by atoms with E-state index in [2.05, 4.69) is 17.1 Å². The number of amides is 3. The summed E-state index contributed by atoms with van der Waals surface area (Å²) in [6, 6.07) is 6.94. The van der Waals surface area contributed by atoms with Gasteiger partial charge in [0.1, 0.15) is 0 Å². The van der Waals surface area contributed by atoms with Gasteiger partial charge < -0.3 is 15.1 Å². The van der Waals surface area contributed by atoms with E-state index in [9.17, 15) is 14.4 Å². The Bertz CT molecular complexity index is 749. The van der Waals surface area contributed by atoms with Crippen molar-refractivity contribution in [3.63, 3.8) is 0 Å². The lowest BCUT2D eigenvalue weighted by atomic mass is 10.0. The molecule has 29 heavy (non-hydrogen) atoms. The third-order valence-corrected chi connectivity index (χ3v) is 5.93. The Hall–Kier alpha value is -2.12. The zero-order chi connectivity index (χ0) is 20.8. The molecule has 0 bridgehead atoms. The summed E-state index contributed by atoms with van der Waals surface area (Å²) in [7, 11) is 0. The monoisotopic (exact) mass is 420 g/mol. The van der Waals surface area contributed by atoms with Crippen LogP contribution in [0.3, 0.4) is 0 Å². The smallest absolute Gasteiger partial charge is 0.251 e. The van der Waals surface area contributed by atoms with Crippen LogP contribution in [-0.2, 0) is 9.59 Å². The molecule has 1 aromatic rings. The van der Waals surface area contributed by atoms with Gasteiger partial charge in [0.2, 0.25) is 11.8 Å². The van der Waals surface area contributed by atoms with Crippen LogP contribution in [0.15, 0.2) is 24.3 Å². The van der Waals surface area contributed by atoms with Gasteiger partial charge in [-0.3, -0.25) is 19.3 Å². The molecule has 1 atom stereocenters. The number of hydrogen-bond acceptors (Lipinski definition) is 4. The van der Waals surface area contributed by atoms with Crippen molar-refractivity contribution < 1.29 is 14.4 Å². The fourth-order valence-corrected chi connectivity index (χ4v) is 4.10. The first kappa shape index (κ1) is 21.6. The van der Waals surface area contributed by atoms with Crippen molar-refractivity contribution in [2.45, 2.75) is 32.2 Å². The van der Waals surface area contributed by atoms with E-state index in [-0.39, 0.29) is 24.3 Å². The molecule has 8 heteroatoms. The third kappa shape index (κ3) is 5.93. The molecule has 0 radical (unpaired) electrons. The van der Waals surface area contributed by atoms with Gasteiger partial charge in [-0.2, -0.15) is 0 Å². The van der Waals surface area contributed by atoms with Gasteiger partial charge >= 0.3 is 0 Å². The Kier molecular flexibility index (Phi) is 7.50. The number of benzene rings is 1. The SMILES string of the molecule is CC1CCCCN1C(=O)CN1CCN(C(=O)CNC(=O)c2cccc(Cl)c2)CC1. The van der Waals surface area contributed by atoms with E-state index in [0.717, 1.165) is 19.4 Å². The Morgan fingerprint density at radius 3 is 2.52 bits per heavy atom. The lowest BCUT2D eigenvalue weighted by Crippen LogP contribution is -2.54. The molecule has 2 aliphatic rings. The molecule has 2 saturated heterocycles. The van der Waals surface area contributed by atoms with Crippen LogP contribution in [0.4, 0.5) is 0 Å². The van der Waals surface area contributed by atoms with E-state index in [4.69, 9.17) is 11.6 Å². The van der Waals surface area contributed by atoms with Gasteiger partial charge in [-0.25, -0.2) is 0 Å². The molecule has 0 aliphatic carbocycles. The Labute approximate surface area is 177 Å². The lowest BCUT2D eigenvalue weighted by Gasteiger charge is -2.38. The topological polar surface area (TPSA) is 73.0 Å². The van der Waals surface area contributed by atoms with Crippen LogP contribution >= 0.6 is 11.6 Å². The zero-order valence-corrected chi connectivity index (χ0v) is 17.7. The van der Waals surface area contributed by atoms with E-state index < -0.39 is 0 Å². The summed E-state index contributed by atoms with van der Waals surface area (Å²) in [5.41, 5.74) is 0.431. The van der Waals surface area contributed by atoms with E-state index in [1.165, 1.54) is 6.42 Å². The molecule has 1 unspecified atom stereocenters. The summed E-state index contributed by atoms with van der Waals surface area (Å²) in [6.07, 6.45) is 3.35. The maximum Gasteiger partial charge on any atom is 0.251 e. The number of hydrogen-bond donors (Lipinski definition) is 1. The van der Waals surface area contributed by atoms with Crippen LogP contribution < -0.4 is 5.32 Å². The largest absolute Gasteiger partial charge is 0.343 e. The molecule has 1 aromatic carbocycles. The number of rotatable bonds is 5. The molecule has 2 fully saturated rings. The quantitative estimate of drug-likeness (QED) is 0.785. The maximum atomic E-state index is 12.6. The number of halogens is 1. The highest BCUT2D eigenvalue weighted by Crippen LogP contribution is 2.17. The summed E-state index contributed by atoms with van der Waals surface area (Å²) in [6.45, 7) is 5.80. The molecular formula is C21H29ClN4O3. The first-order valence-electron chi connectivity index (χ1n) is 10.3. The molecule has 7 nitrogen and oxygen atoms in total. The number of nitrogens with one attached hydrogen (secondary N) is 1. The van der Waals surface area contributed by atoms with Gasteiger partial charge in [0.15, 0.2) is 0 Å². The van der Waals surface area contributed by atoms with Gasteiger partial charge in [-0.05, 0) is 44.4 Å². The Morgan fingerprint density at radius 1 is 1.07 bits per heavy atom. The minimum Gasteiger partial charge on any atom is -0.343 e. The number of carbonyl (C=O) groups excluding carboxylic acids is 3. The third-order valence-electron chi connectivity index (χ3n) is 5.69. The predicted molar refractivity (Wildman–Crippen MR) is 112 cm³/mol. The van der Waals surface area contributed by atoms with Crippen molar-refractivity contribution in [2.75, 3.05) is 45.8 Å². The van der Waals surface area contributed by atoms with Crippen LogP contribution in [0.5, 0.6) is 0 Å². The van der Waals surface area contributed by atoms with Crippen molar-refractivity contribution in [3.05, 3.63) is 34.9 Å². The number of piperazine rings is 1. The van der Waals surface area contributed by atoms with Crippen LogP contribution in [0.2, 0.25) is 5.02 Å². The molecule has 0 spiro atoms. The average molecular weight is 421 g/mol. The highest BCUT2D eigenvalue weighted by Gasteiger charge is 2.27. The summed E-state index contributed by atoms with van der Waals surface area (Å²) < 4.78 is 0. The lowest BCUT2D eigenvalue weighted by molar-refractivity contribution is -0.137. The minimum atomic E-state index is -0.319. The van der Waals surface area contributed by atoms with Crippen LogP contribution in [0.25, 0.3) is 0 Å². The van der Waals surface area contributed by atoms with E-state index in [1.807, 2.05) is 4.90 Å². The highest BCUT2D eigenvalue weighted by atomic mass is 35.5. The van der Waals surface area contributed by atoms with Crippen molar-refractivity contribution in [3.8, 4) is 0 Å². The molecule has 0 aromatic heterocycles. The number of nitrogens with zero attached hydrogens (tertiary/aromatic N) is 3. The number of likely N-dealkylation sites (tertiary alicyclic amines) is 1. The molecule has 158 valence electrons.